The number of nitrogens with one attached hydrogen (secondary N) is 1. The molecule has 2 rings (SSSR count). The summed E-state index contributed by atoms with van der Waals surface area (Å²) in [6, 6.07) is 14.6. The Kier molecular flexibility index (Phi) is 6.21. The zero-order valence-electron chi connectivity index (χ0n) is 14.3. The van der Waals surface area contributed by atoms with Crippen LogP contribution in [0.1, 0.15) is 28.9 Å². The van der Waals surface area contributed by atoms with Crippen LogP contribution < -0.4 is 15.0 Å². The lowest BCUT2D eigenvalue weighted by Gasteiger charge is -2.17. The fourth-order valence-electron chi connectivity index (χ4n) is 2.31. The largest absolute Gasteiger partial charge is 0.497 e. The summed E-state index contributed by atoms with van der Waals surface area (Å²) in [5, 5.41) is 13.0. The standard InChI is InChI=1S/C19H24N2O3/c1-4-21(2)16-10-8-14(9-11-16)19(23)20-13-18(22)15-6-5-7-17(12-15)24-3/h5-12,18,22H,4,13H2,1-3H3,(H,20,23). The summed E-state index contributed by atoms with van der Waals surface area (Å²) in [5.41, 5.74) is 2.33. The third kappa shape index (κ3) is 4.49. The summed E-state index contributed by atoms with van der Waals surface area (Å²) < 4.78 is 5.14. The minimum Gasteiger partial charge on any atom is -0.497 e. The minimum absolute atomic E-state index is 0.141. The summed E-state index contributed by atoms with van der Waals surface area (Å²) in [5.74, 6) is 0.469. The van der Waals surface area contributed by atoms with Crippen LogP contribution >= 0.6 is 0 Å². The quantitative estimate of drug-likeness (QED) is 0.820. The van der Waals surface area contributed by atoms with Crippen molar-refractivity contribution >= 4 is 11.6 Å². The van der Waals surface area contributed by atoms with Gasteiger partial charge < -0.3 is 20.1 Å². The number of hydrogen-bond acceptors (Lipinski definition) is 4. The summed E-state index contributed by atoms with van der Waals surface area (Å²) in [6.07, 6.45) is -0.783. The predicted molar refractivity (Wildman–Crippen MR) is 95.7 cm³/mol. The number of anilines is 1. The zero-order chi connectivity index (χ0) is 17.5. The lowest BCUT2D eigenvalue weighted by atomic mass is 10.1. The number of benzene rings is 2. The number of ether oxygens (including phenoxy) is 1. The first-order valence-electron chi connectivity index (χ1n) is 7.96. The molecule has 2 aromatic carbocycles. The first-order valence-corrected chi connectivity index (χ1v) is 7.96. The maximum absolute atomic E-state index is 12.2. The van der Waals surface area contributed by atoms with Crippen LogP contribution in [0.2, 0.25) is 0 Å². The Morgan fingerprint density at radius 2 is 1.96 bits per heavy atom. The monoisotopic (exact) mass is 328 g/mol. The molecule has 0 aliphatic heterocycles. The Morgan fingerprint density at radius 1 is 1.25 bits per heavy atom. The topological polar surface area (TPSA) is 61.8 Å². The van der Waals surface area contributed by atoms with Crippen molar-refractivity contribution < 1.29 is 14.6 Å². The molecule has 0 heterocycles. The molecule has 0 saturated heterocycles. The van der Waals surface area contributed by atoms with E-state index in [9.17, 15) is 9.90 Å². The Morgan fingerprint density at radius 3 is 2.58 bits per heavy atom. The highest BCUT2D eigenvalue weighted by Crippen LogP contribution is 2.19. The van der Waals surface area contributed by atoms with E-state index in [0.717, 1.165) is 12.2 Å². The molecule has 1 unspecified atom stereocenters. The van der Waals surface area contributed by atoms with Crippen LogP contribution in [0.3, 0.4) is 0 Å². The van der Waals surface area contributed by atoms with E-state index in [1.165, 1.54) is 0 Å². The SMILES string of the molecule is CCN(C)c1ccc(C(=O)NCC(O)c2cccc(OC)c2)cc1. The molecule has 1 amide bonds. The van der Waals surface area contributed by atoms with Crippen LogP contribution in [-0.4, -0.2) is 38.3 Å². The van der Waals surface area contributed by atoms with E-state index in [4.69, 9.17) is 4.74 Å². The Bertz CT molecular complexity index is 671. The molecule has 0 aliphatic carbocycles. The number of carbonyl (C=O) groups excluding carboxylic acids is 1. The molecule has 0 aliphatic rings. The van der Waals surface area contributed by atoms with Crippen molar-refractivity contribution in [3.05, 3.63) is 59.7 Å². The number of aliphatic hydroxyl groups excluding tert-OH is 1. The number of nitrogens with zero attached hydrogens (tertiary/aromatic N) is 1. The highest BCUT2D eigenvalue weighted by molar-refractivity contribution is 5.94. The van der Waals surface area contributed by atoms with Crippen molar-refractivity contribution in [3.63, 3.8) is 0 Å². The van der Waals surface area contributed by atoms with E-state index < -0.39 is 6.10 Å². The molecule has 2 N–H and O–H groups in total. The van der Waals surface area contributed by atoms with Crippen LogP contribution in [0.15, 0.2) is 48.5 Å². The Labute approximate surface area is 142 Å². The molecule has 5 nitrogen and oxygen atoms in total. The van der Waals surface area contributed by atoms with Gasteiger partial charge in [-0.25, -0.2) is 0 Å². The molecule has 5 heteroatoms. The van der Waals surface area contributed by atoms with Gasteiger partial charge in [-0.15, -0.1) is 0 Å². The van der Waals surface area contributed by atoms with E-state index in [0.29, 0.717) is 16.9 Å². The van der Waals surface area contributed by atoms with Crippen LogP contribution in [0.5, 0.6) is 5.75 Å². The maximum Gasteiger partial charge on any atom is 0.251 e. The van der Waals surface area contributed by atoms with Crippen molar-refractivity contribution in [3.8, 4) is 5.75 Å². The number of hydrogen-bond donors (Lipinski definition) is 2. The smallest absolute Gasteiger partial charge is 0.251 e. The molecular formula is C19H24N2O3. The average Bonchev–Trinajstić information content (AvgIpc) is 2.65. The van der Waals surface area contributed by atoms with Gasteiger partial charge >= 0.3 is 0 Å². The van der Waals surface area contributed by atoms with Gasteiger partial charge in [0.25, 0.3) is 5.91 Å². The van der Waals surface area contributed by atoms with Gasteiger partial charge in [0, 0.05) is 31.4 Å². The van der Waals surface area contributed by atoms with Gasteiger partial charge in [-0.05, 0) is 48.9 Å². The molecule has 24 heavy (non-hydrogen) atoms. The van der Waals surface area contributed by atoms with E-state index in [2.05, 4.69) is 17.1 Å². The molecule has 0 spiro atoms. The number of amides is 1. The predicted octanol–water partition coefficient (Wildman–Crippen LogP) is 2.61. The van der Waals surface area contributed by atoms with E-state index in [-0.39, 0.29) is 12.5 Å². The van der Waals surface area contributed by atoms with E-state index in [1.54, 1.807) is 31.4 Å². The first-order chi connectivity index (χ1) is 11.5. The normalized spacial score (nSPS) is 11.7. The molecule has 1 atom stereocenters. The van der Waals surface area contributed by atoms with Gasteiger partial charge in [-0.1, -0.05) is 12.1 Å². The summed E-state index contributed by atoms with van der Waals surface area (Å²) in [6.45, 7) is 3.11. The van der Waals surface area contributed by atoms with Crippen molar-refractivity contribution in [1.82, 2.24) is 5.32 Å². The van der Waals surface area contributed by atoms with Crippen LogP contribution in [0, 0.1) is 0 Å². The molecule has 0 radical (unpaired) electrons. The van der Waals surface area contributed by atoms with Crippen molar-refractivity contribution in [2.24, 2.45) is 0 Å². The van der Waals surface area contributed by atoms with Crippen molar-refractivity contribution in [2.45, 2.75) is 13.0 Å². The molecule has 0 bridgehead atoms. The highest BCUT2D eigenvalue weighted by Gasteiger charge is 2.12. The second-order valence-corrected chi connectivity index (χ2v) is 5.56. The third-order valence-corrected chi connectivity index (χ3v) is 3.98. The fraction of sp³-hybridized carbons (Fsp3) is 0.316. The van der Waals surface area contributed by atoms with Gasteiger partial charge in [0.05, 0.1) is 13.2 Å². The third-order valence-electron chi connectivity index (χ3n) is 3.98. The second kappa shape index (κ2) is 8.36. The molecule has 128 valence electrons. The second-order valence-electron chi connectivity index (χ2n) is 5.56. The minimum atomic E-state index is -0.783. The maximum atomic E-state index is 12.2. The summed E-state index contributed by atoms with van der Waals surface area (Å²) in [4.78, 5) is 14.3. The first kappa shape index (κ1) is 17.8. The van der Waals surface area contributed by atoms with Gasteiger partial charge in [0.2, 0.25) is 0 Å². The van der Waals surface area contributed by atoms with Crippen LogP contribution in [0.4, 0.5) is 5.69 Å². The highest BCUT2D eigenvalue weighted by atomic mass is 16.5. The summed E-state index contributed by atoms with van der Waals surface area (Å²) >= 11 is 0. The molecule has 0 aromatic heterocycles. The van der Waals surface area contributed by atoms with Gasteiger partial charge in [0.1, 0.15) is 5.75 Å². The number of rotatable bonds is 7. The molecule has 2 aromatic rings. The van der Waals surface area contributed by atoms with Gasteiger partial charge in [0.15, 0.2) is 0 Å². The van der Waals surface area contributed by atoms with E-state index in [1.807, 2.05) is 31.3 Å². The average molecular weight is 328 g/mol. The molecule has 0 fully saturated rings. The van der Waals surface area contributed by atoms with Gasteiger partial charge in [-0.2, -0.15) is 0 Å². The number of aliphatic hydroxyl groups is 1. The van der Waals surface area contributed by atoms with Crippen LogP contribution in [-0.2, 0) is 0 Å². The fourth-order valence-corrected chi connectivity index (χ4v) is 2.31. The molecular weight excluding hydrogens is 304 g/mol. The van der Waals surface area contributed by atoms with Crippen LogP contribution in [0.25, 0.3) is 0 Å². The Hall–Kier alpha value is -2.53. The lowest BCUT2D eigenvalue weighted by molar-refractivity contribution is 0.0916. The zero-order valence-corrected chi connectivity index (χ0v) is 14.3. The number of carbonyl (C=O) groups is 1. The summed E-state index contributed by atoms with van der Waals surface area (Å²) in [7, 11) is 3.58. The van der Waals surface area contributed by atoms with E-state index >= 15 is 0 Å². The number of methoxy groups -OCH3 is 1. The van der Waals surface area contributed by atoms with Crippen molar-refractivity contribution in [2.75, 3.05) is 32.1 Å². The van der Waals surface area contributed by atoms with Crippen molar-refractivity contribution in [1.29, 1.82) is 0 Å². The molecule has 0 saturated carbocycles. The van der Waals surface area contributed by atoms with Gasteiger partial charge in [-0.3, -0.25) is 4.79 Å². The lowest BCUT2D eigenvalue weighted by Crippen LogP contribution is -2.28. The Balaban J connectivity index is 1.94.